The first-order valence-corrected chi connectivity index (χ1v) is 8.65. The van der Waals surface area contributed by atoms with Crippen LogP contribution in [0.2, 0.25) is 0 Å². The van der Waals surface area contributed by atoms with Crippen molar-refractivity contribution in [3.63, 3.8) is 0 Å². The number of nitrogens with one attached hydrogen (secondary N) is 1. The molecule has 0 unspecified atom stereocenters. The summed E-state index contributed by atoms with van der Waals surface area (Å²) >= 11 is 0. The lowest BCUT2D eigenvalue weighted by Gasteiger charge is -2.30. The molecule has 1 N–H and O–H groups in total. The van der Waals surface area contributed by atoms with E-state index >= 15 is 0 Å². The molecule has 26 heavy (non-hydrogen) atoms. The van der Waals surface area contributed by atoms with Crippen molar-refractivity contribution in [2.75, 3.05) is 26.8 Å². The molecular weight excluding hydrogens is 335 g/mol. The predicted molar refractivity (Wildman–Crippen MR) is 96.3 cm³/mol. The van der Waals surface area contributed by atoms with Gasteiger partial charge < -0.3 is 19.7 Å². The third-order valence-electron chi connectivity index (χ3n) is 4.36. The molecule has 138 valence electrons. The normalized spacial score (nSPS) is 16.9. The molecule has 0 spiro atoms. The minimum atomic E-state index is -0.515. The molecule has 2 aromatic carbocycles. The maximum absolute atomic E-state index is 13.2. The van der Waals surface area contributed by atoms with Gasteiger partial charge >= 0.3 is 0 Å². The summed E-state index contributed by atoms with van der Waals surface area (Å²) in [6, 6.07) is 13.8. The van der Waals surface area contributed by atoms with Gasteiger partial charge in [0.15, 0.2) is 0 Å². The lowest BCUT2D eigenvalue weighted by molar-refractivity contribution is -0.146. The third kappa shape index (κ3) is 4.59. The molecule has 2 aromatic rings. The summed E-state index contributed by atoms with van der Waals surface area (Å²) < 4.78 is 24.2. The standard InChI is InChI=1S/C20H23FN2O3/c1-25-18-5-3-2-4-16(18)14-23(13-15-6-8-17(21)9-7-15)20(24)19-12-22-10-11-26-19/h2-9,19,22H,10-14H2,1H3/t19-/m1/s1. The Hall–Kier alpha value is -2.44. The van der Waals surface area contributed by atoms with E-state index < -0.39 is 6.10 Å². The Morgan fingerprint density at radius 1 is 1.23 bits per heavy atom. The number of hydrogen-bond acceptors (Lipinski definition) is 4. The number of halogens is 1. The second-order valence-corrected chi connectivity index (χ2v) is 6.20. The average molecular weight is 358 g/mol. The number of carbonyl (C=O) groups is 1. The molecule has 1 aliphatic heterocycles. The van der Waals surface area contributed by atoms with E-state index in [0.717, 1.165) is 23.4 Å². The van der Waals surface area contributed by atoms with Gasteiger partial charge in [-0.15, -0.1) is 0 Å². The van der Waals surface area contributed by atoms with Crippen molar-refractivity contribution in [3.05, 3.63) is 65.5 Å². The number of hydrogen-bond donors (Lipinski definition) is 1. The first-order valence-electron chi connectivity index (χ1n) is 8.65. The van der Waals surface area contributed by atoms with Crippen molar-refractivity contribution in [2.24, 2.45) is 0 Å². The molecule has 1 aliphatic rings. The summed E-state index contributed by atoms with van der Waals surface area (Å²) in [5.41, 5.74) is 1.77. The van der Waals surface area contributed by atoms with E-state index in [4.69, 9.17) is 9.47 Å². The van der Waals surface area contributed by atoms with Gasteiger partial charge in [0.2, 0.25) is 0 Å². The van der Waals surface area contributed by atoms with E-state index in [1.165, 1.54) is 12.1 Å². The highest BCUT2D eigenvalue weighted by molar-refractivity contribution is 5.81. The summed E-state index contributed by atoms with van der Waals surface area (Å²) in [5.74, 6) is 0.343. The van der Waals surface area contributed by atoms with Gasteiger partial charge in [-0.05, 0) is 23.8 Å². The number of ether oxygens (including phenoxy) is 2. The van der Waals surface area contributed by atoms with E-state index in [1.807, 2.05) is 24.3 Å². The maximum Gasteiger partial charge on any atom is 0.253 e. The van der Waals surface area contributed by atoms with Crippen LogP contribution in [0, 0.1) is 5.82 Å². The summed E-state index contributed by atoms with van der Waals surface area (Å²) in [6.45, 7) is 2.51. The lowest BCUT2D eigenvalue weighted by atomic mass is 10.1. The van der Waals surface area contributed by atoms with Crippen LogP contribution in [0.5, 0.6) is 5.75 Å². The largest absolute Gasteiger partial charge is 0.496 e. The minimum absolute atomic E-state index is 0.0903. The molecule has 5 nitrogen and oxygen atoms in total. The Morgan fingerprint density at radius 2 is 2.00 bits per heavy atom. The summed E-state index contributed by atoms with van der Waals surface area (Å²) in [7, 11) is 1.61. The van der Waals surface area contributed by atoms with Crippen molar-refractivity contribution >= 4 is 5.91 Å². The van der Waals surface area contributed by atoms with Gasteiger partial charge in [-0.3, -0.25) is 4.79 Å². The first-order chi connectivity index (χ1) is 12.7. The van der Waals surface area contributed by atoms with Crippen molar-refractivity contribution in [3.8, 4) is 5.75 Å². The topological polar surface area (TPSA) is 50.8 Å². The van der Waals surface area contributed by atoms with Gasteiger partial charge in [-0.1, -0.05) is 30.3 Å². The number of methoxy groups -OCH3 is 1. The quantitative estimate of drug-likeness (QED) is 0.861. The second-order valence-electron chi connectivity index (χ2n) is 6.20. The summed E-state index contributed by atoms with van der Waals surface area (Å²) in [5, 5.41) is 3.18. The van der Waals surface area contributed by atoms with Crippen LogP contribution in [0.3, 0.4) is 0 Å². The molecule has 1 fully saturated rings. The van der Waals surface area contributed by atoms with Crippen LogP contribution in [0.1, 0.15) is 11.1 Å². The van der Waals surface area contributed by atoms with E-state index in [-0.39, 0.29) is 11.7 Å². The molecule has 1 saturated heterocycles. The minimum Gasteiger partial charge on any atom is -0.496 e. The number of nitrogens with zero attached hydrogens (tertiary/aromatic N) is 1. The highest BCUT2D eigenvalue weighted by atomic mass is 19.1. The summed E-state index contributed by atoms with van der Waals surface area (Å²) in [4.78, 5) is 14.7. The first kappa shape index (κ1) is 18.4. The maximum atomic E-state index is 13.2. The fourth-order valence-corrected chi connectivity index (χ4v) is 2.99. The smallest absolute Gasteiger partial charge is 0.253 e. The molecule has 1 atom stereocenters. The van der Waals surface area contributed by atoms with Gasteiger partial charge in [0, 0.05) is 31.7 Å². The predicted octanol–water partition coefficient (Wildman–Crippen LogP) is 2.35. The molecule has 6 heteroatoms. The van der Waals surface area contributed by atoms with E-state index in [9.17, 15) is 9.18 Å². The van der Waals surface area contributed by atoms with E-state index in [2.05, 4.69) is 5.32 Å². The van der Waals surface area contributed by atoms with Crippen LogP contribution in [0.4, 0.5) is 4.39 Å². The van der Waals surface area contributed by atoms with Crippen LogP contribution in [0.25, 0.3) is 0 Å². The number of morpholine rings is 1. The van der Waals surface area contributed by atoms with Gasteiger partial charge in [0.05, 0.1) is 13.7 Å². The monoisotopic (exact) mass is 358 g/mol. The fraction of sp³-hybridized carbons (Fsp3) is 0.350. The Bertz CT molecular complexity index is 730. The third-order valence-corrected chi connectivity index (χ3v) is 4.36. The number of rotatable bonds is 6. The molecule has 3 rings (SSSR count). The van der Waals surface area contributed by atoms with E-state index in [1.54, 1.807) is 24.1 Å². The van der Waals surface area contributed by atoms with Crippen LogP contribution in [-0.4, -0.2) is 43.7 Å². The number of carbonyl (C=O) groups excluding carboxylic acids is 1. The molecule has 0 saturated carbocycles. The molecule has 1 heterocycles. The van der Waals surface area contributed by atoms with Crippen LogP contribution >= 0.6 is 0 Å². The summed E-state index contributed by atoms with van der Waals surface area (Å²) in [6.07, 6.45) is -0.515. The highest BCUT2D eigenvalue weighted by Crippen LogP contribution is 2.21. The number of benzene rings is 2. The molecule has 0 aromatic heterocycles. The molecule has 1 amide bonds. The number of para-hydroxylation sites is 1. The SMILES string of the molecule is COc1ccccc1CN(Cc1ccc(F)cc1)C(=O)[C@H]1CNCCO1. The Morgan fingerprint density at radius 3 is 2.69 bits per heavy atom. The Kier molecular flexibility index (Phi) is 6.20. The molecule has 0 aliphatic carbocycles. The van der Waals surface area contributed by atoms with Gasteiger partial charge in [0.25, 0.3) is 5.91 Å². The lowest BCUT2D eigenvalue weighted by Crippen LogP contribution is -2.49. The Labute approximate surface area is 152 Å². The zero-order chi connectivity index (χ0) is 18.4. The van der Waals surface area contributed by atoms with Gasteiger partial charge in [-0.25, -0.2) is 4.39 Å². The van der Waals surface area contributed by atoms with Crippen LogP contribution in [0.15, 0.2) is 48.5 Å². The van der Waals surface area contributed by atoms with E-state index in [0.29, 0.717) is 26.2 Å². The zero-order valence-corrected chi connectivity index (χ0v) is 14.8. The van der Waals surface area contributed by atoms with Crippen molar-refractivity contribution < 1.29 is 18.7 Å². The van der Waals surface area contributed by atoms with Crippen LogP contribution in [-0.2, 0) is 22.6 Å². The zero-order valence-electron chi connectivity index (χ0n) is 14.8. The van der Waals surface area contributed by atoms with Gasteiger partial charge in [-0.2, -0.15) is 0 Å². The van der Waals surface area contributed by atoms with Gasteiger partial charge in [0.1, 0.15) is 17.7 Å². The van der Waals surface area contributed by atoms with Crippen LogP contribution < -0.4 is 10.1 Å². The Balaban J connectivity index is 1.82. The van der Waals surface area contributed by atoms with Crippen molar-refractivity contribution in [2.45, 2.75) is 19.2 Å². The second kappa shape index (κ2) is 8.78. The highest BCUT2D eigenvalue weighted by Gasteiger charge is 2.27. The fourth-order valence-electron chi connectivity index (χ4n) is 2.99. The van der Waals surface area contributed by atoms with Crippen molar-refractivity contribution in [1.29, 1.82) is 0 Å². The number of amides is 1. The van der Waals surface area contributed by atoms with Crippen molar-refractivity contribution in [1.82, 2.24) is 10.2 Å². The average Bonchev–Trinajstić information content (AvgIpc) is 2.69. The molecule has 0 radical (unpaired) electrons. The molecule has 0 bridgehead atoms. The molecular formula is C20H23FN2O3.